The Morgan fingerprint density at radius 3 is 2.20 bits per heavy atom. The second-order valence-electron chi connectivity index (χ2n) is 2.26. The standard InChI is InChI=1S/C6H16N2.HNO/c1-6(8)4-2-3-5-7;1-2/h6H,2-5,7-8H2,1H3;1H. The first-order chi connectivity index (χ1) is 4.77. The van der Waals surface area contributed by atoms with Crippen molar-refractivity contribution in [1.29, 1.82) is 5.59 Å². The van der Waals surface area contributed by atoms with Crippen LogP contribution in [0.4, 0.5) is 0 Å². The highest BCUT2D eigenvalue weighted by Gasteiger charge is 1.90. The molecular weight excluding hydrogens is 130 g/mol. The van der Waals surface area contributed by atoms with E-state index in [-0.39, 0.29) is 0 Å². The van der Waals surface area contributed by atoms with Gasteiger partial charge in [-0.15, -0.1) is 0 Å². The summed E-state index contributed by atoms with van der Waals surface area (Å²) >= 11 is 0. The van der Waals surface area contributed by atoms with Gasteiger partial charge in [0.05, 0.1) is 0 Å². The van der Waals surface area contributed by atoms with Gasteiger partial charge < -0.3 is 11.5 Å². The van der Waals surface area contributed by atoms with Crippen molar-refractivity contribution < 1.29 is 0 Å². The van der Waals surface area contributed by atoms with Crippen molar-refractivity contribution in [2.75, 3.05) is 6.54 Å². The summed E-state index contributed by atoms with van der Waals surface area (Å²) in [4.78, 5) is 7.50. The number of hydrogen-bond acceptors (Lipinski definition) is 4. The third-order valence-electron chi connectivity index (χ3n) is 1.11. The molecule has 10 heavy (non-hydrogen) atoms. The number of hydrogen-bond donors (Lipinski definition) is 3. The lowest BCUT2D eigenvalue weighted by molar-refractivity contribution is 0.602. The van der Waals surface area contributed by atoms with Crippen molar-refractivity contribution >= 4 is 0 Å². The quantitative estimate of drug-likeness (QED) is 0.405. The molecule has 62 valence electrons. The summed E-state index contributed by atoms with van der Waals surface area (Å²) < 4.78 is 0. The van der Waals surface area contributed by atoms with Gasteiger partial charge in [0.1, 0.15) is 0 Å². The lowest BCUT2D eigenvalue weighted by Crippen LogP contribution is -2.14. The first-order valence-corrected chi connectivity index (χ1v) is 3.43. The van der Waals surface area contributed by atoms with Crippen molar-refractivity contribution in [1.82, 2.24) is 0 Å². The minimum atomic E-state index is 0.349. The number of rotatable bonds is 4. The molecule has 0 heterocycles. The largest absolute Gasteiger partial charge is 0.330 e. The first kappa shape index (κ1) is 12.2. The predicted molar refractivity (Wildman–Crippen MR) is 42.6 cm³/mol. The van der Waals surface area contributed by atoms with Crippen LogP contribution >= 0.6 is 0 Å². The lowest BCUT2D eigenvalue weighted by atomic mass is 10.1. The third kappa shape index (κ3) is 15.6. The monoisotopic (exact) mass is 147 g/mol. The molecular formula is C6H17N3O. The summed E-state index contributed by atoms with van der Waals surface area (Å²) in [6, 6.07) is 0.349. The maximum absolute atomic E-state index is 7.50. The zero-order valence-electron chi connectivity index (χ0n) is 6.47. The smallest absolute Gasteiger partial charge is 0.00104 e. The Hall–Kier alpha value is -0.480. The summed E-state index contributed by atoms with van der Waals surface area (Å²) in [5.74, 6) is 0. The Kier molecular flexibility index (Phi) is 13.9. The molecule has 0 aliphatic carbocycles. The highest BCUT2D eigenvalue weighted by atomic mass is 16.2. The predicted octanol–water partition coefficient (Wildman–Crippen LogP) is 0.794. The van der Waals surface area contributed by atoms with Crippen LogP contribution in [0.1, 0.15) is 26.2 Å². The van der Waals surface area contributed by atoms with E-state index in [1.54, 1.807) is 0 Å². The van der Waals surface area contributed by atoms with Crippen molar-refractivity contribution in [3.8, 4) is 0 Å². The number of nitroso groups, excluding NO2 is 1. The Labute approximate surface area is 61.7 Å². The van der Waals surface area contributed by atoms with Crippen LogP contribution in [0.25, 0.3) is 0 Å². The maximum Gasteiger partial charge on any atom is 0.00104 e. The van der Waals surface area contributed by atoms with Crippen LogP contribution in [0.2, 0.25) is 0 Å². The summed E-state index contributed by atoms with van der Waals surface area (Å²) in [6.07, 6.45) is 3.40. The normalized spacial score (nSPS) is 11.5. The van der Waals surface area contributed by atoms with Crippen molar-refractivity contribution in [2.24, 2.45) is 11.5 Å². The van der Waals surface area contributed by atoms with Crippen LogP contribution in [0.3, 0.4) is 0 Å². The van der Waals surface area contributed by atoms with Gasteiger partial charge in [-0.3, -0.25) is 0 Å². The molecule has 1 atom stereocenters. The van der Waals surface area contributed by atoms with E-state index in [4.69, 9.17) is 16.4 Å². The van der Waals surface area contributed by atoms with Crippen LogP contribution < -0.4 is 11.5 Å². The SMILES string of the molecule is CC(N)CCCCN.N=O. The molecule has 0 amide bonds. The third-order valence-corrected chi connectivity index (χ3v) is 1.11. The number of nitrogens with one attached hydrogen (secondary N) is 1. The highest BCUT2D eigenvalue weighted by Crippen LogP contribution is 1.95. The second kappa shape index (κ2) is 11.3. The molecule has 1 unspecified atom stereocenters. The summed E-state index contributed by atoms with van der Waals surface area (Å²) in [5, 5.41) is 0. The summed E-state index contributed by atoms with van der Waals surface area (Å²) in [6.45, 7) is 2.82. The molecule has 0 aliphatic rings. The fraction of sp³-hybridized carbons (Fsp3) is 1.00. The molecule has 0 bridgehead atoms. The van der Waals surface area contributed by atoms with Gasteiger partial charge in [0.15, 0.2) is 0 Å². The van der Waals surface area contributed by atoms with E-state index in [2.05, 4.69) is 5.59 Å². The van der Waals surface area contributed by atoms with Gasteiger partial charge in [0.25, 0.3) is 0 Å². The molecule has 0 aromatic carbocycles. The minimum absolute atomic E-state index is 0.349. The Bertz CT molecular complexity index is 59.0. The van der Waals surface area contributed by atoms with Crippen LogP contribution in [0, 0.1) is 10.5 Å². The van der Waals surface area contributed by atoms with Gasteiger partial charge in [-0.2, -0.15) is 4.91 Å². The van der Waals surface area contributed by atoms with Crippen molar-refractivity contribution in [3.63, 3.8) is 0 Å². The Balaban J connectivity index is 0. The molecule has 5 N–H and O–H groups in total. The zero-order valence-corrected chi connectivity index (χ0v) is 6.47. The molecule has 0 saturated carbocycles. The molecule has 4 heteroatoms. The Morgan fingerprint density at radius 2 is 1.90 bits per heavy atom. The maximum atomic E-state index is 7.50. The average molecular weight is 147 g/mol. The molecule has 0 rings (SSSR count). The minimum Gasteiger partial charge on any atom is -0.330 e. The first-order valence-electron chi connectivity index (χ1n) is 3.43. The van der Waals surface area contributed by atoms with Crippen molar-refractivity contribution in [3.05, 3.63) is 4.91 Å². The van der Waals surface area contributed by atoms with E-state index in [0.29, 0.717) is 6.04 Å². The van der Waals surface area contributed by atoms with Gasteiger partial charge in [-0.05, 0) is 26.3 Å². The van der Waals surface area contributed by atoms with E-state index in [1.165, 1.54) is 6.42 Å². The van der Waals surface area contributed by atoms with Gasteiger partial charge >= 0.3 is 0 Å². The summed E-state index contributed by atoms with van der Waals surface area (Å²) in [5.41, 5.74) is 15.3. The lowest BCUT2D eigenvalue weighted by Gasteiger charge is -2.01. The van der Waals surface area contributed by atoms with Crippen LogP contribution in [-0.4, -0.2) is 12.6 Å². The molecule has 0 saturated heterocycles. The average Bonchev–Trinajstić information content (AvgIpc) is 1.92. The van der Waals surface area contributed by atoms with Gasteiger partial charge in [0.2, 0.25) is 0 Å². The van der Waals surface area contributed by atoms with Gasteiger partial charge in [-0.25, -0.2) is 0 Å². The molecule has 4 nitrogen and oxygen atoms in total. The van der Waals surface area contributed by atoms with Gasteiger partial charge in [0, 0.05) is 6.04 Å². The fourth-order valence-electron chi connectivity index (χ4n) is 0.611. The fourth-order valence-corrected chi connectivity index (χ4v) is 0.611. The molecule has 0 aromatic rings. The van der Waals surface area contributed by atoms with Crippen molar-refractivity contribution in [2.45, 2.75) is 32.2 Å². The van der Waals surface area contributed by atoms with Crippen LogP contribution in [0.15, 0.2) is 0 Å². The van der Waals surface area contributed by atoms with E-state index in [0.717, 1.165) is 19.4 Å². The van der Waals surface area contributed by atoms with E-state index < -0.39 is 0 Å². The molecule has 0 fully saturated rings. The van der Waals surface area contributed by atoms with E-state index in [9.17, 15) is 0 Å². The number of unbranched alkanes of at least 4 members (excludes halogenated alkanes) is 1. The molecule has 0 radical (unpaired) electrons. The molecule has 0 aliphatic heterocycles. The van der Waals surface area contributed by atoms with E-state index >= 15 is 0 Å². The summed E-state index contributed by atoms with van der Waals surface area (Å²) in [7, 11) is 0. The Morgan fingerprint density at radius 1 is 1.40 bits per heavy atom. The topological polar surface area (TPSA) is 93.0 Å². The number of nitrogens with two attached hydrogens (primary N) is 2. The van der Waals surface area contributed by atoms with Crippen LogP contribution in [-0.2, 0) is 0 Å². The van der Waals surface area contributed by atoms with Gasteiger partial charge in [-0.1, -0.05) is 12.0 Å². The molecule has 0 aromatic heterocycles. The van der Waals surface area contributed by atoms with Crippen LogP contribution in [0.5, 0.6) is 0 Å². The highest BCUT2D eigenvalue weighted by molar-refractivity contribution is 4.52. The molecule has 0 spiro atoms. The zero-order chi connectivity index (χ0) is 8.41. The van der Waals surface area contributed by atoms with E-state index in [1.807, 2.05) is 6.92 Å². The second-order valence-corrected chi connectivity index (χ2v) is 2.26.